The molecule has 0 saturated heterocycles. The summed E-state index contributed by atoms with van der Waals surface area (Å²) in [7, 11) is 1.86. The van der Waals surface area contributed by atoms with Gasteiger partial charge >= 0.3 is 0 Å². The molecule has 6 nitrogen and oxygen atoms in total. The summed E-state index contributed by atoms with van der Waals surface area (Å²) in [5.74, 6) is -1.80. The Labute approximate surface area is 177 Å². The lowest BCUT2D eigenvalue weighted by atomic mass is 9.86. The van der Waals surface area contributed by atoms with Crippen LogP contribution in [0.3, 0.4) is 0 Å². The molecular weight excluding hydrogens is 400 g/mol. The summed E-state index contributed by atoms with van der Waals surface area (Å²) in [5.41, 5.74) is 3.06. The monoisotopic (exact) mass is 419 g/mol. The minimum absolute atomic E-state index is 0.0197. The van der Waals surface area contributed by atoms with Gasteiger partial charge in [-0.3, -0.25) is 9.48 Å². The number of amides is 1. The molecule has 1 aliphatic heterocycles. The van der Waals surface area contributed by atoms with Gasteiger partial charge in [-0.15, -0.1) is 0 Å². The van der Waals surface area contributed by atoms with Crippen molar-refractivity contribution in [2.24, 2.45) is 7.05 Å². The maximum atomic E-state index is 14.1. The molecule has 0 radical (unpaired) electrons. The number of aryl methyl sites for hydroxylation is 1. The molecule has 1 unspecified atom stereocenters. The Kier molecular flexibility index (Phi) is 4.62. The summed E-state index contributed by atoms with van der Waals surface area (Å²) in [5, 5.41) is 8.44. The quantitative estimate of drug-likeness (QED) is 0.509. The van der Waals surface area contributed by atoms with Crippen LogP contribution < -0.4 is 0 Å². The third-order valence-electron chi connectivity index (χ3n) is 5.58. The molecule has 8 heteroatoms. The Bertz CT molecular complexity index is 1260. The topological polar surface area (TPSA) is 56.0 Å². The summed E-state index contributed by atoms with van der Waals surface area (Å²) >= 11 is 0. The fourth-order valence-corrected chi connectivity index (χ4v) is 4.10. The highest BCUT2D eigenvalue weighted by atomic mass is 19.1. The lowest BCUT2D eigenvalue weighted by Gasteiger charge is -2.34. The van der Waals surface area contributed by atoms with Crippen molar-refractivity contribution in [2.45, 2.75) is 12.5 Å². The highest BCUT2D eigenvalue weighted by Gasteiger charge is 2.31. The van der Waals surface area contributed by atoms with Gasteiger partial charge in [-0.25, -0.2) is 13.5 Å². The molecule has 2 aromatic carbocycles. The molecule has 0 fully saturated rings. The summed E-state index contributed by atoms with van der Waals surface area (Å²) in [6.07, 6.45) is 5.15. The van der Waals surface area contributed by atoms with E-state index in [9.17, 15) is 13.6 Å². The van der Waals surface area contributed by atoms with Crippen LogP contribution in [0.1, 0.15) is 33.1 Å². The number of aromatic nitrogens is 4. The van der Waals surface area contributed by atoms with Crippen LogP contribution in [-0.2, 0) is 13.6 Å². The predicted molar refractivity (Wildman–Crippen MR) is 110 cm³/mol. The second kappa shape index (κ2) is 7.46. The van der Waals surface area contributed by atoms with E-state index in [1.807, 2.05) is 37.6 Å². The molecule has 2 aromatic heterocycles. The Hall–Kier alpha value is -3.81. The van der Waals surface area contributed by atoms with Crippen molar-refractivity contribution in [2.75, 3.05) is 6.54 Å². The van der Waals surface area contributed by atoms with Gasteiger partial charge in [-0.2, -0.15) is 10.2 Å². The SMILES string of the molecule is Cn1cc(C2CN(C(=O)c3ccn(-c4c(F)cccc4F)n3)Cc3ccccc32)cn1. The molecule has 5 rings (SSSR count). The number of carbonyl (C=O) groups excluding carboxylic acids is 1. The number of nitrogens with zero attached hydrogens (tertiary/aromatic N) is 5. The molecule has 0 bridgehead atoms. The second-order valence-electron chi connectivity index (χ2n) is 7.60. The summed E-state index contributed by atoms with van der Waals surface area (Å²) in [4.78, 5) is 15.0. The maximum Gasteiger partial charge on any atom is 0.274 e. The van der Waals surface area contributed by atoms with Crippen LogP contribution in [0, 0.1) is 11.6 Å². The van der Waals surface area contributed by atoms with Crippen molar-refractivity contribution >= 4 is 5.91 Å². The molecule has 0 spiro atoms. The molecule has 1 atom stereocenters. The second-order valence-corrected chi connectivity index (χ2v) is 7.60. The van der Waals surface area contributed by atoms with Gasteiger partial charge in [-0.05, 0) is 34.9 Å². The zero-order valence-electron chi connectivity index (χ0n) is 16.7. The first kappa shape index (κ1) is 19.2. The average molecular weight is 419 g/mol. The van der Waals surface area contributed by atoms with Crippen LogP contribution in [0.4, 0.5) is 8.78 Å². The van der Waals surface area contributed by atoms with E-state index in [2.05, 4.69) is 16.3 Å². The molecule has 1 amide bonds. The van der Waals surface area contributed by atoms with E-state index in [1.165, 1.54) is 23.9 Å². The van der Waals surface area contributed by atoms with Gasteiger partial charge in [-0.1, -0.05) is 30.3 Å². The molecule has 1 aliphatic rings. The van der Waals surface area contributed by atoms with Crippen molar-refractivity contribution in [1.29, 1.82) is 0 Å². The minimum Gasteiger partial charge on any atom is -0.332 e. The van der Waals surface area contributed by atoms with Crippen LogP contribution in [0.15, 0.2) is 67.1 Å². The van der Waals surface area contributed by atoms with Gasteiger partial charge in [0.1, 0.15) is 5.69 Å². The lowest BCUT2D eigenvalue weighted by Crippen LogP contribution is -2.38. The third-order valence-corrected chi connectivity index (χ3v) is 5.58. The summed E-state index contributed by atoms with van der Waals surface area (Å²) in [6, 6.07) is 13.1. The van der Waals surface area contributed by atoms with Crippen LogP contribution in [-0.4, -0.2) is 36.9 Å². The van der Waals surface area contributed by atoms with Crippen molar-refractivity contribution < 1.29 is 13.6 Å². The highest BCUT2D eigenvalue weighted by molar-refractivity contribution is 5.92. The van der Waals surface area contributed by atoms with E-state index in [0.29, 0.717) is 13.1 Å². The van der Waals surface area contributed by atoms with Crippen molar-refractivity contribution in [3.63, 3.8) is 0 Å². The van der Waals surface area contributed by atoms with Crippen LogP contribution in [0.25, 0.3) is 5.69 Å². The van der Waals surface area contributed by atoms with Gasteiger partial charge in [0.05, 0.1) is 6.20 Å². The van der Waals surface area contributed by atoms with Gasteiger partial charge < -0.3 is 4.90 Å². The Morgan fingerprint density at radius 3 is 2.58 bits per heavy atom. The number of fused-ring (bicyclic) bond motifs is 1. The third kappa shape index (κ3) is 3.39. The molecule has 4 aromatic rings. The Morgan fingerprint density at radius 2 is 1.84 bits per heavy atom. The molecule has 31 heavy (non-hydrogen) atoms. The highest BCUT2D eigenvalue weighted by Crippen LogP contribution is 2.33. The maximum absolute atomic E-state index is 14.1. The Morgan fingerprint density at radius 1 is 1.06 bits per heavy atom. The first-order chi connectivity index (χ1) is 15.0. The zero-order valence-corrected chi connectivity index (χ0v) is 16.7. The molecule has 0 N–H and O–H groups in total. The van der Waals surface area contributed by atoms with E-state index < -0.39 is 11.6 Å². The first-order valence-electron chi connectivity index (χ1n) is 9.87. The summed E-state index contributed by atoms with van der Waals surface area (Å²) in [6.45, 7) is 0.898. The fourth-order valence-electron chi connectivity index (χ4n) is 4.10. The smallest absolute Gasteiger partial charge is 0.274 e. The van der Waals surface area contributed by atoms with Crippen LogP contribution in [0.2, 0.25) is 0 Å². The summed E-state index contributed by atoms with van der Waals surface area (Å²) < 4.78 is 31.0. The predicted octanol–water partition coefficient (Wildman–Crippen LogP) is 3.67. The standard InChI is InChI=1S/C23H19F2N5O/c1-28-12-16(11-26-28)18-14-29(13-15-5-2-3-6-17(15)18)23(31)21-9-10-30(27-21)22-19(24)7-4-8-20(22)25/h2-12,18H,13-14H2,1H3. The molecule has 0 saturated carbocycles. The van der Waals surface area contributed by atoms with Crippen LogP contribution in [0.5, 0.6) is 0 Å². The van der Waals surface area contributed by atoms with Gasteiger partial charge in [0.2, 0.25) is 0 Å². The Balaban J connectivity index is 1.47. The van der Waals surface area contributed by atoms with Gasteiger partial charge in [0.15, 0.2) is 17.3 Å². The number of rotatable bonds is 3. The van der Waals surface area contributed by atoms with Gasteiger partial charge in [0, 0.05) is 38.4 Å². The van der Waals surface area contributed by atoms with E-state index in [0.717, 1.165) is 27.9 Å². The molecule has 156 valence electrons. The molecule has 0 aliphatic carbocycles. The number of para-hydroxylation sites is 1. The van der Waals surface area contributed by atoms with E-state index >= 15 is 0 Å². The fraction of sp³-hybridized carbons (Fsp3) is 0.174. The number of hydrogen-bond acceptors (Lipinski definition) is 3. The van der Waals surface area contributed by atoms with E-state index in [1.54, 1.807) is 9.58 Å². The number of hydrogen-bond donors (Lipinski definition) is 0. The van der Waals surface area contributed by atoms with E-state index in [4.69, 9.17) is 0 Å². The van der Waals surface area contributed by atoms with Gasteiger partial charge in [0.25, 0.3) is 5.91 Å². The normalized spacial score (nSPS) is 15.7. The van der Waals surface area contributed by atoms with Crippen molar-refractivity contribution in [1.82, 2.24) is 24.5 Å². The van der Waals surface area contributed by atoms with Crippen LogP contribution >= 0.6 is 0 Å². The number of carbonyl (C=O) groups is 1. The molecular formula is C23H19F2N5O. The van der Waals surface area contributed by atoms with Crippen molar-refractivity contribution in [3.8, 4) is 5.69 Å². The number of halogens is 2. The molecule has 3 heterocycles. The zero-order chi connectivity index (χ0) is 21.5. The minimum atomic E-state index is -0.745. The largest absolute Gasteiger partial charge is 0.332 e. The van der Waals surface area contributed by atoms with E-state index in [-0.39, 0.29) is 23.2 Å². The first-order valence-corrected chi connectivity index (χ1v) is 9.87. The van der Waals surface area contributed by atoms with Crippen molar-refractivity contribution in [3.05, 3.63) is 101 Å². The number of benzene rings is 2. The lowest BCUT2D eigenvalue weighted by molar-refractivity contribution is 0.0718. The average Bonchev–Trinajstić information content (AvgIpc) is 3.42.